The third-order valence-corrected chi connectivity index (χ3v) is 5.55. The number of rotatable bonds is 5. The van der Waals surface area contributed by atoms with Gasteiger partial charge in [-0.2, -0.15) is 0 Å². The second-order valence-corrected chi connectivity index (χ2v) is 7.32. The number of phenols is 1. The quantitative estimate of drug-likeness (QED) is 0.684. The molecular weight excluding hydrogens is 443 g/mol. The molecule has 0 saturated carbocycles. The largest absolute Gasteiger partial charge is 0.503 e. The van der Waals surface area contributed by atoms with E-state index in [4.69, 9.17) is 9.47 Å². The smallest absolute Gasteiger partial charge is 0.172 e. The molecule has 2 fully saturated rings. The highest BCUT2D eigenvalue weighted by atomic mass is 79.9. The molecule has 3 rings (SSSR count). The van der Waals surface area contributed by atoms with Crippen LogP contribution >= 0.6 is 40.7 Å². The molecule has 0 spiro atoms. The summed E-state index contributed by atoms with van der Waals surface area (Å²) < 4.78 is 11.9. The van der Waals surface area contributed by atoms with E-state index >= 15 is 0 Å². The zero-order valence-corrected chi connectivity index (χ0v) is 18.3. The average molecular weight is 472 g/mol. The molecule has 2 aliphatic heterocycles. The predicted molar refractivity (Wildman–Crippen MR) is 112 cm³/mol. The number of aromatic hydroxyl groups is 1. The van der Waals surface area contributed by atoms with Crippen molar-refractivity contribution in [3.8, 4) is 11.5 Å². The first kappa shape index (κ1) is 23.8. The van der Waals surface area contributed by atoms with Crippen molar-refractivity contribution in [2.75, 3.05) is 46.0 Å². The van der Waals surface area contributed by atoms with Crippen molar-refractivity contribution in [2.24, 2.45) is 5.92 Å². The minimum absolute atomic E-state index is 0. The van der Waals surface area contributed by atoms with Crippen molar-refractivity contribution in [1.82, 2.24) is 10.2 Å². The van der Waals surface area contributed by atoms with E-state index in [0.29, 0.717) is 28.8 Å². The van der Waals surface area contributed by atoms with Gasteiger partial charge in [0.1, 0.15) is 0 Å². The van der Waals surface area contributed by atoms with Crippen molar-refractivity contribution in [3.05, 3.63) is 22.2 Å². The van der Waals surface area contributed by atoms with Crippen LogP contribution in [0.5, 0.6) is 11.5 Å². The van der Waals surface area contributed by atoms with Gasteiger partial charge in [0.05, 0.1) is 11.1 Å². The van der Waals surface area contributed by atoms with Crippen LogP contribution in [0.1, 0.15) is 31.4 Å². The lowest BCUT2D eigenvalue weighted by Gasteiger charge is -2.41. The molecule has 0 bridgehead atoms. The zero-order chi connectivity index (χ0) is 16.9. The molecular formula is C18H29BrCl2N2O3. The Hall–Kier alpha value is -0.240. The molecule has 26 heavy (non-hydrogen) atoms. The highest BCUT2D eigenvalue weighted by molar-refractivity contribution is 9.10. The molecule has 0 radical (unpaired) electrons. The Morgan fingerprint density at radius 1 is 1.27 bits per heavy atom. The van der Waals surface area contributed by atoms with Gasteiger partial charge in [-0.1, -0.05) is 0 Å². The average Bonchev–Trinajstić information content (AvgIpc) is 2.61. The van der Waals surface area contributed by atoms with Crippen molar-refractivity contribution in [2.45, 2.75) is 25.8 Å². The van der Waals surface area contributed by atoms with Crippen LogP contribution in [0.15, 0.2) is 16.6 Å². The van der Waals surface area contributed by atoms with Gasteiger partial charge in [0.25, 0.3) is 0 Å². The summed E-state index contributed by atoms with van der Waals surface area (Å²) in [5.74, 6) is 1.32. The van der Waals surface area contributed by atoms with Gasteiger partial charge in [-0.15, -0.1) is 24.8 Å². The van der Waals surface area contributed by atoms with Crippen LogP contribution in [0, 0.1) is 5.92 Å². The minimum Gasteiger partial charge on any atom is -0.503 e. The maximum absolute atomic E-state index is 10.2. The number of piperazine rings is 1. The summed E-state index contributed by atoms with van der Waals surface area (Å²) in [6.07, 6.45) is 2.16. The summed E-state index contributed by atoms with van der Waals surface area (Å²) in [6, 6.07) is 4.42. The summed E-state index contributed by atoms with van der Waals surface area (Å²) in [6.45, 7) is 8.30. The maximum atomic E-state index is 10.2. The molecule has 2 saturated heterocycles. The molecule has 0 aliphatic carbocycles. The number of nitrogens with zero attached hydrogens (tertiary/aromatic N) is 1. The van der Waals surface area contributed by atoms with Gasteiger partial charge in [-0.25, -0.2) is 0 Å². The van der Waals surface area contributed by atoms with Gasteiger partial charge in [-0.3, -0.25) is 4.90 Å². The summed E-state index contributed by atoms with van der Waals surface area (Å²) in [7, 11) is 0. The van der Waals surface area contributed by atoms with Crippen molar-refractivity contribution in [1.29, 1.82) is 0 Å². The second kappa shape index (κ2) is 11.6. The maximum Gasteiger partial charge on any atom is 0.172 e. The van der Waals surface area contributed by atoms with E-state index in [1.165, 1.54) is 5.56 Å². The highest BCUT2D eigenvalue weighted by Crippen LogP contribution is 2.42. The van der Waals surface area contributed by atoms with Gasteiger partial charge in [0.15, 0.2) is 11.5 Å². The number of phenolic OH excluding ortho intramolecular Hbond substituents is 1. The van der Waals surface area contributed by atoms with Gasteiger partial charge >= 0.3 is 0 Å². The molecule has 2 N–H and O–H groups in total. The summed E-state index contributed by atoms with van der Waals surface area (Å²) >= 11 is 3.50. The Bertz CT molecular complexity index is 535. The molecule has 0 aromatic heterocycles. The fraction of sp³-hybridized carbons (Fsp3) is 0.667. The van der Waals surface area contributed by atoms with E-state index in [9.17, 15) is 5.11 Å². The first-order valence-corrected chi connectivity index (χ1v) is 9.67. The van der Waals surface area contributed by atoms with Crippen LogP contribution in [0.4, 0.5) is 0 Å². The van der Waals surface area contributed by atoms with Crippen molar-refractivity contribution >= 4 is 40.7 Å². The van der Waals surface area contributed by atoms with Crippen LogP contribution in [-0.2, 0) is 4.74 Å². The van der Waals surface area contributed by atoms with Crippen molar-refractivity contribution in [3.63, 3.8) is 0 Å². The number of hydrogen-bond donors (Lipinski definition) is 2. The fourth-order valence-electron chi connectivity index (χ4n) is 3.80. The molecule has 2 heterocycles. The number of benzene rings is 1. The molecule has 0 amide bonds. The Morgan fingerprint density at radius 3 is 2.54 bits per heavy atom. The normalized spacial score (nSPS) is 19.9. The van der Waals surface area contributed by atoms with E-state index in [1.54, 1.807) is 0 Å². The van der Waals surface area contributed by atoms with Gasteiger partial charge in [0, 0.05) is 45.4 Å². The molecule has 150 valence electrons. The van der Waals surface area contributed by atoms with E-state index in [2.05, 4.69) is 32.2 Å². The highest BCUT2D eigenvalue weighted by Gasteiger charge is 2.32. The number of nitrogens with one attached hydrogen (secondary N) is 1. The SMILES string of the molecule is CCOc1cc([C@H](C2CCOCC2)N2CCNCC2)cc(Br)c1O.Cl.Cl. The summed E-state index contributed by atoms with van der Waals surface area (Å²) in [5, 5.41) is 13.7. The van der Waals surface area contributed by atoms with Gasteiger partial charge in [0.2, 0.25) is 0 Å². The topological polar surface area (TPSA) is 54.0 Å². The zero-order valence-electron chi connectivity index (χ0n) is 15.1. The summed E-state index contributed by atoms with van der Waals surface area (Å²) in [5.41, 5.74) is 1.22. The van der Waals surface area contributed by atoms with E-state index in [-0.39, 0.29) is 30.6 Å². The number of ether oxygens (including phenoxy) is 2. The standard InChI is InChI=1S/C18H27BrN2O3.2ClH/c1-2-24-16-12-14(11-15(19)18(16)22)17(13-3-9-23-10-4-13)21-7-5-20-6-8-21;;/h11-13,17,20,22H,2-10H2,1H3;2*1H/t17-;;/m0../s1. The fourth-order valence-corrected chi connectivity index (χ4v) is 4.26. The Labute approximate surface area is 176 Å². The lowest BCUT2D eigenvalue weighted by molar-refractivity contribution is 0.0212. The third kappa shape index (κ3) is 5.63. The van der Waals surface area contributed by atoms with Crippen LogP contribution in [-0.4, -0.2) is 56.0 Å². The minimum atomic E-state index is 0. The lowest BCUT2D eigenvalue weighted by atomic mass is 9.85. The molecule has 0 unspecified atom stereocenters. The Kier molecular flexibility index (Phi) is 10.6. The first-order valence-electron chi connectivity index (χ1n) is 8.88. The molecule has 8 heteroatoms. The Morgan fingerprint density at radius 2 is 1.92 bits per heavy atom. The molecule has 5 nitrogen and oxygen atoms in total. The van der Waals surface area contributed by atoms with Crippen LogP contribution < -0.4 is 10.1 Å². The molecule has 1 atom stereocenters. The first-order chi connectivity index (χ1) is 11.7. The van der Waals surface area contributed by atoms with Crippen LogP contribution in [0.3, 0.4) is 0 Å². The second-order valence-electron chi connectivity index (χ2n) is 6.46. The van der Waals surface area contributed by atoms with Crippen LogP contribution in [0.25, 0.3) is 0 Å². The Balaban J connectivity index is 0.00000169. The van der Waals surface area contributed by atoms with E-state index in [1.807, 2.05) is 13.0 Å². The lowest BCUT2D eigenvalue weighted by Crippen LogP contribution is -2.47. The predicted octanol–water partition coefficient (Wildman–Crippen LogP) is 3.77. The van der Waals surface area contributed by atoms with Crippen LogP contribution in [0.2, 0.25) is 0 Å². The molecule has 1 aromatic carbocycles. The van der Waals surface area contributed by atoms with Crippen molar-refractivity contribution < 1.29 is 14.6 Å². The monoisotopic (exact) mass is 470 g/mol. The van der Waals surface area contributed by atoms with E-state index < -0.39 is 0 Å². The summed E-state index contributed by atoms with van der Waals surface area (Å²) in [4.78, 5) is 2.57. The van der Waals surface area contributed by atoms with Gasteiger partial charge < -0.3 is 19.9 Å². The van der Waals surface area contributed by atoms with Gasteiger partial charge in [-0.05, 0) is 59.3 Å². The number of halogens is 3. The van der Waals surface area contributed by atoms with E-state index in [0.717, 1.165) is 52.2 Å². The molecule has 2 aliphatic rings. The third-order valence-electron chi connectivity index (χ3n) is 4.95. The number of hydrogen-bond acceptors (Lipinski definition) is 5. The molecule has 1 aromatic rings.